The zero-order valence-corrected chi connectivity index (χ0v) is 13.9. The standard InChI is InChI=1S/C12H18BrN3S2/c1-3-4-14-11-9(13)7-15-12(16-11)10-8(2)17-5-6-18-10/h7-8,10H,3-6H2,1-2H3,(H,14,15,16). The molecule has 0 radical (unpaired) electrons. The molecule has 6 heteroatoms. The molecule has 1 fully saturated rings. The third-order valence-corrected chi connectivity index (χ3v) is 6.41. The minimum Gasteiger partial charge on any atom is -0.369 e. The minimum absolute atomic E-state index is 0.416. The first kappa shape index (κ1) is 14.5. The molecule has 1 aromatic rings. The summed E-state index contributed by atoms with van der Waals surface area (Å²) in [5.74, 6) is 4.31. The van der Waals surface area contributed by atoms with Crippen LogP contribution in [0.15, 0.2) is 10.7 Å². The fourth-order valence-electron chi connectivity index (χ4n) is 1.80. The van der Waals surface area contributed by atoms with Crippen LogP contribution in [0.2, 0.25) is 0 Å². The highest BCUT2D eigenvalue weighted by Gasteiger charge is 2.26. The van der Waals surface area contributed by atoms with Gasteiger partial charge in [0.2, 0.25) is 0 Å². The Kier molecular flexibility index (Phi) is 5.63. The quantitative estimate of drug-likeness (QED) is 0.891. The van der Waals surface area contributed by atoms with Crippen LogP contribution in [0.3, 0.4) is 0 Å². The Morgan fingerprint density at radius 2 is 2.22 bits per heavy atom. The van der Waals surface area contributed by atoms with Crippen LogP contribution < -0.4 is 5.32 Å². The van der Waals surface area contributed by atoms with Gasteiger partial charge in [0, 0.05) is 29.5 Å². The van der Waals surface area contributed by atoms with Crippen molar-refractivity contribution < 1.29 is 0 Å². The summed E-state index contributed by atoms with van der Waals surface area (Å²) in [4.78, 5) is 9.17. The van der Waals surface area contributed by atoms with E-state index >= 15 is 0 Å². The second-order valence-corrected chi connectivity index (χ2v) is 7.81. The van der Waals surface area contributed by atoms with Crippen molar-refractivity contribution in [3.05, 3.63) is 16.5 Å². The molecule has 0 aromatic carbocycles. The van der Waals surface area contributed by atoms with Crippen LogP contribution in [0.4, 0.5) is 5.82 Å². The first-order valence-corrected chi connectivity index (χ1v) is 9.11. The minimum atomic E-state index is 0.416. The van der Waals surface area contributed by atoms with Crippen molar-refractivity contribution in [2.75, 3.05) is 23.4 Å². The first-order valence-electron chi connectivity index (χ1n) is 6.22. The van der Waals surface area contributed by atoms with Crippen molar-refractivity contribution in [1.29, 1.82) is 0 Å². The second kappa shape index (κ2) is 7.01. The monoisotopic (exact) mass is 347 g/mol. The van der Waals surface area contributed by atoms with Gasteiger partial charge in [-0.2, -0.15) is 11.8 Å². The van der Waals surface area contributed by atoms with Crippen LogP contribution in [-0.4, -0.2) is 33.3 Å². The normalized spacial score (nSPS) is 23.9. The van der Waals surface area contributed by atoms with Crippen molar-refractivity contribution in [1.82, 2.24) is 9.97 Å². The van der Waals surface area contributed by atoms with Gasteiger partial charge >= 0.3 is 0 Å². The average molecular weight is 348 g/mol. The van der Waals surface area contributed by atoms with Crippen LogP contribution >= 0.6 is 39.5 Å². The number of rotatable bonds is 4. The van der Waals surface area contributed by atoms with Gasteiger partial charge in [0.15, 0.2) is 0 Å². The Morgan fingerprint density at radius 3 is 2.94 bits per heavy atom. The van der Waals surface area contributed by atoms with E-state index in [4.69, 9.17) is 0 Å². The molecule has 1 aliphatic rings. The molecule has 2 unspecified atom stereocenters. The van der Waals surface area contributed by atoms with E-state index in [0.29, 0.717) is 10.5 Å². The summed E-state index contributed by atoms with van der Waals surface area (Å²) in [6.07, 6.45) is 2.96. The number of halogens is 1. The number of aromatic nitrogens is 2. The molecule has 2 atom stereocenters. The number of hydrogen-bond acceptors (Lipinski definition) is 5. The Hall–Kier alpha value is 0.0600. The van der Waals surface area contributed by atoms with Crippen molar-refractivity contribution in [3.8, 4) is 0 Å². The van der Waals surface area contributed by atoms with Crippen molar-refractivity contribution >= 4 is 45.3 Å². The van der Waals surface area contributed by atoms with Gasteiger partial charge in [-0.05, 0) is 22.4 Å². The molecule has 2 heterocycles. The van der Waals surface area contributed by atoms with Crippen LogP contribution in [-0.2, 0) is 0 Å². The van der Waals surface area contributed by atoms with E-state index in [0.717, 1.165) is 29.1 Å². The summed E-state index contributed by atoms with van der Waals surface area (Å²) < 4.78 is 0.945. The molecule has 2 rings (SSSR count). The lowest BCUT2D eigenvalue weighted by Gasteiger charge is -2.26. The maximum absolute atomic E-state index is 4.68. The van der Waals surface area contributed by atoms with Crippen molar-refractivity contribution in [3.63, 3.8) is 0 Å². The molecule has 0 spiro atoms. The molecule has 18 heavy (non-hydrogen) atoms. The third kappa shape index (κ3) is 3.54. The first-order chi connectivity index (χ1) is 8.72. The van der Waals surface area contributed by atoms with E-state index in [9.17, 15) is 0 Å². The van der Waals surface area contributed by atoms with E-state index in [1.807, 2.05) is 29.7 Å². The largest absolute Gasteiger partial charge is 0.369 e. The summed E-state index contributed by atoms with van der Waals surface area (Å²) in [5, 5.41) is 4.35. The molecule has 1 aliphatic heterocycles. The molecule has 1 saturated heterocycles. The van der Waals surface area contributed by atoms with E-state index in [2.05, 4.69) is 45.1 Å². The average Bonchev–Trinajstić information content (AvgIpc) is 2.39. The smallest absolute Gasteiger partial charge is 0.144 e. The molecule has 0 aliphatic carbocycles. The highest BCUT2D eigenvalue weighted by molar-refractivity contribution is 9.10. The van der Waals surface area contributed by atoms with E-state index in [1.165, 1.54) is 11.5 Å². The fraction of sp³-hybridized carbons (Fsp3) is 0.667. The number of thioether (sulfide) groups is 2. The highest BCUT2D eigenvalue weighted by Crippen LogP contribution is 2.41. The summed E-state index contributed by atoms with van der Waals surface area (Å²) in [7, 11) is 0. The highest BCUT2D eigenvalue weighted by atomic mass is 79.9. The second-order valence-electron chi connectivity index (χ2n) is 4.22. The Labute approximate surface area is 125 Å². The van der Waals surface area contributed by atoms with Gasteiger partial charge in [0.1, 0.15) is 11.6 Å². The molecule has 0 bridgehead atoms. The van der Waals surface area contributed by atoms with Crippen molar-refractivity contribution in [2.24, 2.45) is 0 Å². The van der Waals surface area contributed by atoms with Gasteiger partial charge in [0.25, 0.3) is 0 Å². The Morgan fingerprint density at radius 1 is 1.44 bits per heavy atom. The molecule has 1 N–H and O–H groups in total. The molecule has 0 saturated carbocycles. The van der Waals surface area contributed by atoms with Crippen LogP contribution in [0.25, 0.3) is 0 Å². The van der Waals surface area contributed by atoms with Crippen LogP contribution in [0, 0.1) is 0 Å². The van der Waals surface area contributed by atoms with Crippen molar-refractivity contribution in [2.45, 2.75) is 30.8 Å². The Bertz CT molecular complexity index is 403. The maximum atomic E-state index is 4.68. The molecule has 3 nitrogen and oxygen atoms in total. The number of nitrogens with one attached hydrogen (secondary N) is 1. The lowest BCUT2D eigenvalue weighted by molar-refractivity contribution is 0.819. The summed E-state index contributed by atoms with van der Waals surface area (Å²) >= 11 is 7.49. The third-order valence-electron chi connectivity index (χ3n) is 2.75. The molecular weight excluding hydrogens is 330 g/mol. The van der Waals surface area contributed by atoms with E-state index in [-0.39, 0.29) is 0 Å². The predicted octanol–water partition coefficient (Wildman–Crippen LogP) is 3.97. The molecule has 1 aromatic heterocycles. The lowest BCUT2D eigenvalue weighted by atomic mass is 10.3. The fourth-order valence-corrected chi connectivity index (χ4v) is 4.83. The van der Waals surface area contributed by atoms with Gasteiger partial charge < -0.3 is 5.32 Å². The van der Waals surface area contributed by atoms with Gasteiger partial charge in [0.05, 0.1) is 9.72 Å². The summed E-state index contributed by atoms with van der Waals surface area (Å²) in [5.41, 5.74) is 0. The van der Waals surface area contributed by atoms with Gasteiger partial charge in [-0.3, -0.25) is 0 Å². The summed E-state index contributed by atoms with van der Waals surface area (Å²) in [6.45, 7) is 5.36. The Balaban J connectivity index is 2.17. The number of nitrogens with zero attached hydrogens (tertiary/aromatic N) is 2. The molecular formula is C12H18BrN3S2. The number of anilines is 1. The molecule has 0 amide bonds. The summed E-state index contributed by atoms with van der Waals surface area (Å²) in [6, 6.07) is 0. The molecule has 100 valence electrons. The SMILES string of the molecule is CCCNc1nc(C2SCCSC2C)ncc1Br. The zero-order valence-electron chi connectivity index (χ0n) is 10.6. The number of hydrogen-bond donors (Lipinski definition) is 1. The van der Waals surface area contributed by atoms with E-state index in [1.54, 1.807) is 0 Å². The van der Waals surface area contributed by atoms with Gasteiger partial charge in [-0.1, -0.05) is 13.8 Å². The predicted molar refractivity (Wildman–Crippen MR) is 85.6 cm³/mol. The van der Waals surface area contributed by atoms with Gasteiger partial charge in [-0.25, -0.2) is 9.97 Å². The topological polar surface area (TPSA) is 37.8 Å². The van der Waals surface area contributed by atoms with Crippen LogP contribution in [0.5, 0.6) is 0 Å². The lowest BCUT2D eigenvalue weighted by Crippen LogP contribution is -2.18. The maximum Gasteiger partial charge on any atom is 0.144 e. The zero-order chi connectivity index (χ0) is 13.0. The van der Waals surface area contributed by atoms with Crippen LogP contribution in [0.1, 0.15) is 31.3 Å². The van der Waals surface area contributed by atoms with E-state index < -0.39 is 0 Å². The van der Waals surface area contributed by atoms with Gasteiger partial charge in [-0.15, -0.1) is 11.8 Å².